The second-order valence-electron chi connectivity index (χ2n) is 4.25. The first-order chi connectivity index (χ1) is 9.74. The third kappa shape index (κ3) is 3.41. The van der Waals surface area contributed by atoms with Gasteiger partial charge in [-0.05, 0) is 31.5 Å². The van der Waals surface area contributed by atoms with Crippen molar-refractivity contribution in [2.24, 2.45) is 0 Å². The normalized spacial score (nSPS) is 11.5. The molecule has 3 rings (SSSR count). The third-order valence-corrected chi connectivity index (χ3v) is 2.90. The van der Waals surface area contributed by atoms with Crippen molar-refractivity contribution >= 4 is 0 Å². The number of ether oxygens (including phenoxy) is 1. The van der Waals surface area contributed by atoms with E-state index in [9.17, 15) is 0 Å². The SMILES string of the molecule is CC.CC.Cc1ccc2c(c1)OCCc1[nH]c(C)nc1-2. The van der Waals surface area contributed by atoms with E-state index in [4.69, 9.17) is 4.74 Å². The molecule has 20 heavy (non-hydrogen) atoms. The lowest BCUT2D eigenvalue weighted by molar-refractivity contribution is 0.325. The number of aromatic amines is 1. The first kappa shape index (κ1) is 16.3. The first-order valence-corrected chi connectivity index (χ1v) is 7.53. The van der Waals surface area contributed by atoms with Crippen LogP contribution in [0.5, 0.6) is 5.75 Å². The summed E-state index contributed by atoms with van der Waals surface area (Å²) in [4.78, 5) is 7.85. The molecular weight excluding hydrogens is 248 g/mol. The molecule has 3 nitrogen and oxygen atoms in total. The lowest BCUT2D eigenvalue weighted by Gasteiger charge is -2.07. The average Bonchev–Trinajstić information content (AvgIpc) is 2.76. The number of nitrogens with one attached hydrogen (secondary N) is 1. The fourth-order valence-corrected chi connectivity index (χ4v) is 2.15. The molecule has 0 atom stereocenters. The minimum Gasteiger partial charge on any atom is -0.492 e. The highest BCUT2D eigenvalue weighted by Crippen LogP contribution is 2.34. The Morgan fingerprint density at radius 3 is 2.50 bits per heavy atom. The summed E-state index contributed by atoms with van der Waals surface area (Å²) in [5.74, 6) is 1.92. The van der Waals surface area contributed by atoms with E-state index in [0.717, 1.165) is 29.3 Å². The zero-order valence-electron chi connectivity index (χ0n) is 13.5. The summed E-state index contributed by atoms with van der Waals surface area (Å²) in [5, 5.41) is 0. The van der Waals surface area contributed by atoms with Gasteiger partial charge in [-0.2, -0.15) is 0 Å². The van der Waals surface area contributed by atoms with E-state index in [-0.39, 0.29) is 0 Å². The summed E-state index contributed by atoms with van der Waals surface area (Å²) in [6.07, 6.45) is 0.893. The van der Waals surface area contributed by atoms with E-state index in [2.05, 4.69) is 35.1 Å². The molecule has 0 spiro atoms. The van der Waals surface area contributed by atoms with Crippen LogP contribution < -0.4 is 4.74 Å². The van der Waals surface area contributed by atoms with Crippen LogP contribution in [0.25, 0.3) is 11.3 Å². The number of hydrogen-bond donors (Lipinski definition) is 1. The molecule has 0 saturated carbocycles. The van der Waals surface area contributed by atoms with Crippen molar-refractivity contribution in [1.82, 2.24) is 9.97 Å². The Hall–Kier alpha value is -1.77. The molecule has 1 aromatic heterocycles. The summed E-state index contributed by atoms with van der Waals surface area (Å²) < 4.78 is 5.75. The number of aromatic nitrogens is 2. The molecule has 110 valence electrons. The van der Waals surface area contributed by atoms with E-state index in [0.29, 0.717) is 6.61 Å². The van der Waals surface area contributed by atoms with E-state index < -0.39 is 0 Å². The van der Waals surface area contributed by atoms with Gasteiger partial charge in [0.25, 0.3) is 0 Å². The van der Waals surface area contributed by atoms with E-state index in [1.807, 2.05) is 34.6 Å². The monoisotopic (exact) mass is 274 g/mol. The lowest BCUT2D eigenvalue weighted by Crippen LogP contribution is -1.99. The Morgan fingerprint density at radius 2 is 1.80 bits per heavy atom. The summed E-state index contributed by atoms with van der Waals surface area (Å²) in [7, 11) is 0. The molecular formula is C17H26N2O. The highest BCUT2D eigenvalue weighted by atomic mass is 16.5. The zero-order valence-corrected chi connectivity index (χ0v) is 13.5. The molecule has 3 heteroatoms. The van der Waals surface area contributed by atoms with Crippen LogP contribution in [0.1, 0.15) is 44.8 Å². The Morgan fingerprint density at radius 1 is 1.10 bits per heavy atom. The van der Waals surface area contributed by atoms with Crippen LogP contribution in [-0.2, 0) is 6.42 Å². The number of fused-ring (bicyclic) bond motifs is 3. The van der Waals surface area contributed by atoms with Crippen LogP contribution >= 0.6 is 0 Å². The summed E-state index contributed by atoms with van der Waals surface area (Å²) >= 11 is 0. The van der Waals surface area contributed by atoms with Gasteiger partial charge >= 0.3 is 0 Å². The van der Waals surface area contributed by atoms with Crippen LogP contribution in [0.15, 0.2) is 18.2 Å². The highest BCUT2D eigenvalue weighted by Gasteiger charge is 2.18. The molecule has 0 bridgehead atoms. The number of imidazole rings is 1. The van der Waals surface area contributed by atoms with Gasteiger partial charge < -0.3 is 9.72 Å². The maximum atomic E-state index is 5.75. The van der Waals surface area contributed by atoms with Crippen LogP contribution in [0.4, 0.5) is 0 Å². The second-order valence-corrected chi connectivity index (χ2v) is 4.25. The standard InChI is InChI=1S/C13H14N2O.2C2H6/c1-8-3-4-10-12(7-8)16-6-5-11-13(10)15-9(2)14-11;2*1-2/h3-4,7H,5-6H2,1-2H3,(H,14,15);2*1-2H3. The molecule has 2 heterocycles. The molecule has 0 radical (unpaired) electrons. The van der Waals surface area contributed by atoms with Crippen LogP contribution in [0, 0.1) is 13.8 Å². The number of H-pyrrole nitrogens is 1. The Bertz CT molecular complexity index is 544. The number of hydrogen-bond acceptors (Lipinski definition) is 2. The molecule has 2 aromatic rings. The van der Waals surface area contributed by atoms with Gasteiger partial charge in [0.2, 0.25) is 0 Å². The fourth-order valence-electron chi connectivity index (χ4n) is 2.15. The fraction of sp³-hybridized carbons (Fsp3) is 0.471. The number of nitrogens with zero attached hydrogens (tertiary/aromatic N) is 1. The topological polar surface area (TPSA) is 37.9 Å². The minimum atomic E-state index is 0.713. The molecule has 0 fully saturated rings. The van der Waals surface area contributed by atoms with Gasteiger partial charge in [0.05, 0.1) is 12.3 Å². The molecule has 1 aromatic carbocycles. The largest absolute Gasteiger partial charge is 0.492 e. The van der Waals surface area contributed by atoms with Gasteiger partial charge in [0, 0.05) is 17.7 Å². The highest BCUT2D eigenvalue weighted by molar-refractivity contribution is 5.70. The van der Waals surface area contributed by atoms with Crippen molar-refractivity contribution in [2.75, 3.05) is 6.61 Å². The van der Waals surface area contributed by atoms with Crippen molar-refractivity contribution in [2.45, 2.75) is 48.0 Å². The lowest BCUT2D eigenvalue weighted by atomic mass is 10.1. The van der Waals surface area contributed by atoms with Crippen molar-refractivity contribution in [3.8, 4) is 17.0 Å². The number of rotatable bonds is 0. The first-order valence-electron chi connectivity index (χ1n) is 7.53. The van der Waals surface area contributed by atoms with Gasteiger partial charge in [-0.1, -0.05) is 33.8 Å². The van der Waals surface area contributed by atoms with Crippen LogP contribution in [0.3, 0.4) is 0 Å². The minimum absolute atomic E-state index is 0.713. The summed E-state index contributed by atoms with van der Waals surface area (Å²) in [6.45, 7) is 12.8. The van der Waals surface area contributed by atoms with E-state index in [1.165, 1.54) is 11.3 Å². The quantitative estimate of drug-likeness (QED) is 0.757. The molecule has 0 unspecified atom stereocenters. The van der Waals surface area contributed by atoms with E-state index >= 15 is 0 Å². The van der Waals surface area contributed by atoms with Crippen molar-refractivity contribution in [3.63, 3.8) is 0 Å². The van der Waals surface area contributed by atoms with Gasteiger partial charge in [-0.15, -0.1) is 0 Å². The van der Waals surface area contributed by atoms with Gasteiger partial charge in [0.1, 0.15) is 11.6 Å². The number of aryl methyl sites for hydroxylation is 2. The average molecular weight is 274 g/mol. The maximum absolute atomic E-state index is 5.75. The smallest absolute Gasteiger partial charge is 0.129 e. The van der Waals surface area contributed by atoms with Crippen LogP contribution in [-0.4, -0.2) is 16.6 Å². The molecule has 1 N–H and O–H groups in total. The van der Waals surface area contributed by atoms with Crippen molar-refractivity contribution < 1.29 is 4.74 Å². The Kier molecular flexibility index (Phi) is 6.29. The summed E-state index contributed by atoms with van der Waals surface area (Å²) in [5.41, 5.74) is 4.54. The second kappa shape index (κ2) is 7.73. The molecule has 1 aliphatic heterocycles. The van der Waals surface area contributed by atoms with Gasteiger partial charge in [-0.3, -0.25) is 0 Å². The van der Waals surface area contributed by atoms with Gasteiger partial charge in [-0.25, -0.2) is 4.98 Å². The zero-order chi connectivity index (χ0) is 15.1. The van der Waals surface area contributed by atoms with Gasteiger partial charge in [0.15, 0.2) is 0 Å². The van der Waals surface area contributed by atoms with E-state index in [1.54, 1.807) is 0 Å². The molecule has 0 aliphatic carbocycles. The molecule has 0 amide bonds. The Balaban J connectivity index is 0.000000461. The predicted octanol–water partition coefficient (Wildman–Crippen LogP) is 4.68. The third-order valence-electron chi connectivity index (χ3n) is 2.90. The summed E-state index contributed by atoms with van der Waals surface area (Å²) in [6, 6.07) is 6.27. The molecule has 1 aliphatic rings. The maximum Gasteiger partial charge on any atom is 0.129 e. The van der Waals surface area contributed by atoms with Crippen molar-refractivity contribution in [3.05, 3.63) is 35.3 Å². The van der Waals surface area contributed by atoms with Crippen LogP contribution in [0.2, 0.25) is 0 Å². The molecule has 0 saturated heterocycles. The predicted molar refractivity (Wildman–Crippen MR) is 85.4 cm³/mol. The Labute approximate surface area is 122 Å². The number of benzene rings is 1. The van der Waals surface area contributed by atoms with Crippen molar-refractivity contribution in [1.29, 1.82) is 0 Å².